The molecule has 5 heteroatoms. The summed E-state index contributed by atoms with van der Waals surface area (Å²) in [5, 5.41) is 3.29. The summed E-state index contributed by atoms with van der Waals surface area (Å²) in [6.07, 6.45) is 0. The zero-order chi connectivity index (χ0) is 19.9. The minimum Gasteiger partial charge on any atom is -0.497 e. The molecule has 142 valence electrons. The molecule has 3 rings (SSSR count). The first-order valence-corrected chi connectivity index (χ1v) is 8.80. The Kier molecular flexibility index (Phi) is 6.07. The zero-order valence-electron chi connectivity index (χ0n) is 15.7. The molecule has 0 fully saturated rings. The topological polar surface area (TPSA) is 64.6 Å². The van der Waals surface area contributed by atoms with Gasteiger partial charge in [0.15, 0.2) is 5.78 Å². The maximum absolute atomic E-state index is 13.2. The Morgan fingerprint density at radius 2 is 1.43 bits per heavy atom. The van der Waals surface area contributed by atoms with E-state index in [-0.39, 0.29) is 5.78 Å². The lowest BCUT2D eigenvalue weighted by atomic mass is 9.96. The molecule has 1 N–H and O–H groups in total. The van der Waals surface area contributed by atoms with Crippen LogP contribution in [0.25, 0.3) is 0 Å². The molecule has 0 radical (unpaired) electrons. The summed E-state index contributed by atoms with van der Waals surface area (Å²) < 4.78 is 9.92. The Labute approximate surface area is 163 Å². The van der Waals surface area contributed by atoms with E-state index in [9.17, 15) is 9.59 Å². The van der Waals surface area contributed by atoms with Crippen LogP contribution in [-0.2, 0) is 4.74 Å². The average Bonchev–Trinajstić information content (AvgIpc) is 2.77. The van der Waals surface area contributed by atoms with E-state index >= 15 is 0 Å². The van der Waals surface area contributed by atoms with Gasteiger partial charge in [-0.3, -0.25) is 4.79 Å². The number of carbonyl (C=O) groups excluding carboxylic acids is 2. The van der Waals surface area contributed by atoms with E-state index in [2.05, 4.69) is 5.32 Å². The van der Waals surface area contributed by atoms with Crippen LogP contribution in [0.3, 0.4) is 0 Å². The van der Waals surface area contributed by atoms with Gasteiger partial charge in [-0.1, -0.05) is 42.5 Å². The number of anilines is 1. The number of ether oxygens (including phenoxy) is 2. The van der Waals surface area contributed by atoms with Crippen LogP contribution in [0.15, 0.2) is 78.9 Å². The molecule has 1 unspecified atom stereocenters. The molecule has 0 bridgehead atoms. The molecule has 0 aliphatic heterocycles. The number of methoxy groups -OCH3 is 2. The number of carbonyl (C=O) groups is 2. The largest absolute Gasteiger partial charge is 0.497 e. The molecule has 0 aromatic heterocycles. The van der Waals surface area contributed by atoms with E-state index in [1.807, 2.05) is 42.5 Å². The third-order valence-electron chi connectivity index (χ3n) is 4.39. The lowest BCUT2D eigenvalue weighted by Crippen LogP contribution is -2.21. The molecule has 0 spiro atoms. The van der Waals surface area contributed by atoms with Crippen LogP contribution < -0.4 is 10.1 Å². The summed E-state index contributed by atoms with van der Waals surface area (Å²) in [5.41, 5.74) is 2.57. The highest BCUT2D eigenvalue weighted by Gasteiger charge is 2.22. The Morgan fingerprint density at radius 1 is 0.786 bits per heavy atom. The molecule has 0 saturated heterocycles. The first-order valence-electron chi connectivity index (χ1n) is 8.80. The fourth-order valence-electron chi connectivity index (χ4n) is 2.85. The quantitative estimate of drug-likeness (QED) is 0.486. The standard InChI is InChI=1S/C23H21NO4/c1-27-20-14-12-19(13-15-20)24-21(22(25)17-6-4-3-5-7-17)16-8-10-18(11-9-16)23(26)28-2/h3-15,21,24H,1-2H3. The molecule has 0 aliphatic rings. The number of rotatable bonds is 7. The lowest BCUT2D eigenvalue weighted by Gasteiger charge is -2.20. The van der Waals surface area contributed by atoms with Gasteiger partial charge < -0.3 is 14.8 Å². The number of benzene rings is 3. The van der Waals surface area contributed by atoms with Gasteiger partial charge >= 0.3 is 5.97 Å². The van der Waals surface area contributed by atoms with Crippen molar-refractivity contribution in [1.29, 1.82) is 0 Å². The second kappa shape index (κ2) is 8.86. The van der Waals surface area contributed by atoms with Gasteiger partial charge in [-0.2, -0.15) is 0 Å². The van der Waals surface area contributed by atoms with Crippen molar-refractivity contribution in [2.75, 3.05) is 19.5 Å². The minimum atomic E-state index is -0.609. The van der Waals surface area contributed by atoms with Crippen LogP contribution in [0.1, 0.15) is 32.3 Å². The van der Waals surface area contributed by atoms with Crippen LogP contribution in [0.5, 0.6) is 5.75 Å². The minimum absolute atomic E-state index is 0.0674. The number of Topliss-reactive ketones (excluding diaryl/α,β-unsaturated/α-hetero) is 1. The van der Waals surface area contributed by atoms with Gasteiger partial charge in [-0.05, 0) is 42.0 Å². The summed E-state index contributed by atoms with van der Waals surface area (Å²) in [6.45, 7) is 0. The number of hydrogen-bond donors (Lipinski definition) is 1. The maximum Gasteiger partial charge on any atom is 0.337 e. The highest BCUT2D eigenvalue weighted by Crippen LogP contribution is 2.25. The van der Waals surface area contributed by atoms with Crippen LogP contribution in [0.2, 0.25) is 0 Å². The summed E-state index contributed by atoms with van der Waals surface area (Å²) >= 11 is 0. The Balaban J connectivity index is 1.93. The van der Waals surface area contributed by atoms with Crippen LogP contribution >= 0.6 is 0 Å². The zero-order valence-corrected chi connectivity index (χ0v) is 15.7. The fraction of sp³-hybridized carbons (Fsp3) is 0.130. The smallest absolute Gasteiger partial charge is 0.337 e. The normalized spacial score (nSPS) is 11.4. The third kappa shape index (κ3) is 4.38. The van der Waals surface area contributed by atoms with E-state index in [4.69, 9.17) is 9.47 Å². The van der Waals surface area contributed by atoms with E-state index in [0.717, 1.165) is 17.0 Å². The summed E-state index contributed by atoms with van der Waals surface area (Å²) in [5.74, 6) is 0.252. The Morgan fingerprint density at radius 3 is 2.00 bits per heavy atom. The average molecular weight is 375 g/mol. The van der Waals surface area contributed by atoms with Crippen molar-refractivity contribution in [2.45, 2.75) is 6.04 Å². The molecule has 3 aromatic rings. The van der Waals surface area contributed by atoms with E-state index in [1.165, 1.54) is 7.11 Å². The second-order valence-electron chi connectivity index (χ2n) is 6.15. The van der Waals surface area contributed by atoms with Gasteiger partial charge in [0.25, 0.3) is 0 Å². The molecular weight excluding hydrogens is 354 g/mol. The Bertz CT molecular complexity index is 935. The summed E-state index contributed by atoms with van der Waals surface area (Å²) in [7, 11) is 2.94. The lowest BCUT2D eigenvalue weighted by molar-refractivity contribution is 0.0600. The van der Waals surface area contributed by atoms with Gasteiger partial charge in [0, 0.05) is 11.3 Å². The number of nitrogens with one attached hydrogen (secondary N) is 1. The Hall–Kier alpha value is -3.60. The first kappa shape index (κ1) is 19.2. The van der Waals surface area contributed by atoms with E-state index in [1.54, 1.807) is 43.5 Å². The molecule has 0 saturated carbocycles. The molecule has 1 atom stereocenters. The van der Waals surface area contributed by atoms with Crippen molar-refractivity contribution in [2.24, 2.45) is 0 Å². The molecule has 28 heavy (non-hydrogen) atoms. The number of ketones is 1. The van der Waals surface area contributed by atoms with Crippen molar-refractivity contribution in [3.05, 3.63) is 95.6 Å². The van der Waals surface area contributed by atoms with E-state index in [0.29, 0.717) is 11.1 Å². The van der Waals surface area contributed by atoms with Crippen molar-refractivity contribution in [3.8, 4) is 5.75 Å². The second-order valence-corrected chi connectivity index (χ2v) is 6.15. The molecule has 5 nitrogen and oxygen atoms in total. The first-order chi connectivity index (χ1) is 13.6. The van der Waals surface area contributed by atoms with Gasteiger partial charge in [-0.15, -0.1) is 0 Å². The molecular formula is C23H21NO4. The van der Waals surface area contributed by atoms with Gasteiger partial charge in [0.05, 0.1) is 19.8 Å². The molecule has 3 aromatic carbocycles. The summed E-state index contributed by atoms with van der Waals surface area (Å²) in [4.78, 5) is 24.9. The van der Waals surface area contributed by atoms with Crippen LogP contribution in [-0.4, -0.2) is 26.0 Å². The number of hydrogen-bond acceptors (Lipinski definition) is 5. The van der Waals surface area contributed by atoms with Crippen molar-refractivity contribution < 1.29 is 19.1 Å². The predicted octanol–water partition coefficient (Wildman–Crippen LogP) is 4.52. The van der Waals surface area contributed by atoms with Crippen LogP contribution in [0, 0.1) is 0 Å². The maximum atomic E-state index is 13.2. The third-order valence-corrected chi connectivity index (χ3v) is 4.39. The SMILES string of the molecule is COC(=O)c1ccc(C(Nc2ccc(OC)cc2)C(=O)c2ccccc2)cc1. The van der Waals surface area contributed by atoms with Crippen molar-refractivity contribution in [1.82, 2.24) is 0 Å². The molecule has 0 heterocycles. The number of esters is 1. The molecule has 0 amide bonds. The van der Waals surface area contributed by atoms with Gasteiger partial charge in [0.2, 0.25) is 0 Å². The predicted molar refractivity (Wildman–Crippen MR) is 108 cm³/mol. The van der Waals surface area contributed by atoms with Crippen LogP contribution in [0.4, 0.5) is 5.69 Å². The fourth-order valence-corrected chi connectivity index (χ4v) is 2.85. The van der Waals surface area contributed by atoms with Crippen molar-refractivity contribution in [3.63, 3.8) is 0 Å². The highest BCUT2D eigenvalue weighted by atomic mass is 16.5. The summed E-state index contributed by atoms with van der Waals surface area (Å²) in [6, 6.07) is 22.7. The van der Waals surface area contributed by atoms with Gasteiger partial charge in [0.1, 0.15) is 11.8 Å². The van der Waals surface area contributed by atoms with E-state index < -0.39 is 12.0 Å². The highest BCUT2D eigenvalue weighted by molar-refractivity contribution is 6.02. The molecule has 0 aliphatic carbocycles. The monoisotopic (exact) mass is 375 g/mol. The van der Waals surface area contributed by atoms with Gasteiger partial charge in [-0.25, -0.2) is 4.79 Å². The van der Waals surface area contributed by atoms with Crippen molar-refractivity contribution >= 4 is 17.4 Å².